The van der Waals surface area contributed by atoms with Crippen LogP contribution in [0.15, 0.2) is 47.3 Å². The fourth-order valence-electron chi connectivity index (χ4n) is 4.59. The normalized spacial score (nSPS) is 22.0. The first-order valence-electron chi connectivity index (χ1n) is 9.48. The van der Waals surface area contributed by atoms with Gasteiger partial charge in [-0.15, -0.1) is 0 Å². The third kappa shape index (κ3) is 2.90. The van der Waals surface area contributed by atoms with Crippen molar-refractivity contribution in [2.24, 2.45) is 5.92 Å². The molecule has 2 aliphatic carbocycles. The third-order valence-electron chi connectivity index (χ3n) is 5.88. The SMILES string of the molecule is CC=CCC1CC=C(F)C2=C1Cc1c(cc(C)c(F)c1/C=C\C)C2(C)C. The van der Waals surface area contributed by atoms with Gasteiger partial charge in [0.05, 0.1) is 0 Å². The molecule has 1 aromatic carbocycles. The number of allylic oxidation sites excluding steroid dienone is 7. The smallest absolute Gasteiger partial charge is 0.133 e. The molecule has 0 N–H and O–H groups in total. The number of hydrogen-bond acceptors (Lipinski definition) is 0. The highest BCUT2D eigenvalue weighted by Crippen LogP contribution is 2.51. The van der Waals surface area contributed by atoms with Gasteiger partial charge in [-0.25, -0.2) is 8.78 Å². The Bertz CT molecular complexity index is 845. The molecule has 0 nitrogen and oxygen atoms in total. The minimum atomic E-state index is -0.465. The van der Waals surface area contributed by atoms with Crippen LogP contribution in [-0.4, -0.2) is 0 Å². The predicted molar refractivity (Wildman–Crippen MR) is 106 cm³/mol. The van der Waals surface area contributed by atoms with E-state index < -0.39 is 5.41 Å². The molecule has 0 radical (unpaired) electrons. The molecule has 0 fully saturated rings. The summed E-state index contributed by atoms with van der Waals surface area (Å²) in [5.41, 5.74) is 4.88. The maximum absolute atomic E-state index is 14.9. The Hall–Kier alpha value is -1.96. The average Bonchev–Trinajstić information content (AvgIpc) is 2.59. The second kappa shape index (κ2) is 6.98. The summed E-state index contributed by atoms with van der Waals surface area (Å²) in [5, 5.41) is 0. The molecule has 1 unspecified atom stereocenters. The highest BCUT2D eigenvalue weighted by Gasteiger charge is 2.41. The van der Waals surface area contributed by atoms with Crippen LogP contribution in [0.4, 0.5) is 8.78 Å². The van der Waals surface area contributed by atoms with Crippen LogP contribution in [0.3, 0.4) is 0 Å². The molecular formula is C24H28F2. The molecule has 0 saturated heterocycles. The van der Waals surface area contributed by atoms with E-state index >= 15 is 0 Å². The van der Waals surface area contributed by atoms with Crippen molar-refractivity contribution < 1.29 is 8.78 Å². The molecule has 2 aliphatic rings. The van der Waals surface area contributed by atoms with Crippen LogP contribution in [0.25, 0.3) is 6.08 Å². The Morgan fingerprint density at radius 2 is 1.92 bits per heavy atom. The molecule has 0 spiro atoms. The second-order valence-electron chi connectivity index (χ2n) is 7.94. The summed E-state index contributed by atoms with van der Waals surface area (Å²) in [6.45, 7) is 9.86. The van der Waals surface area contributed by atoms with Crippen molar-refractivity contribution in [3.63, 3.8) is 0 Å². The zero-order valence-electron chi connectivity index (χ0n) is 16.4. The Balaban J connectivity index is 2.25. The number of benzene rings is 1. The Morgan fingerprint density at radius 3 is 2.58 bits per heavy atom. The maximum Gasteiger partial charge on any atom is 0.133 e. The summed E-state index contributed by atoms with van der Waals surface area (Å²) in [7, 11) is 0. The van der Waals surface area contributed by atoms with Crippen molar-refractivity contribution in [2.45, 2.75) is 59.3 Å². The summed E-state index contributed by atoms with van der Waals surface area (Å²) in [4.78, 5) is 0. The lowest BCUT2D eigenvalue weighted by molar-refractivity contribution is 0.474. The summed E-state index contributed by atoms with van der Waals surface area (Å²) in [5.74, 6) is 0.0383. The lowest BCUT2D eigenvalue weighted by Gasteiger charge is -2.41. The van der Waals surface area contributed by atoms with Crippen LogP contribution >= 0.6 is 0 Å². The monoisotopic (exact) mass is 354 g/mol. The van der Waals surface area contributed by atoms with Crippen molar-refractivity contribution in [1.29, 1.82) is 0 Å². The van der Waals surface area contributed by atoms with Crippen molar-refractivity contribution in [2.75, 3.05) is 0 Å². The van der Waals surface area contributed by atoms with Crippen molar-refractivity contribution in [3.8, 4) is 0 Å². The molecule has 1 aromatic rings. The topological polar surface area (TPSA) is 0 Å². The van der Waals surface area contributed by atoms with Crippen molar-refractivity contribution in [3.05, 3.63) is 75.4 Å². The molecule has 26 heavy (non-hydrogen) atoms. The second-order valence-corrected chi connectivity index (χ2v) is 7.94. The van der Waals surface area contributed by atoms with Crippen LogP contribution in [0.5, 0.6) is 0 Å². The van der Waals surface area contributed by atoms with Gasteiger partial charge >= 0.3 is 0 Å². The fraction of sp³-hybridized carbons (Fsp3) is 0.417. The van der Waals surface area contributed by atoms with E-state index in [4.69, 9.17) is 0 Å². The van der Waals surface area contributed by atoms with Gasteiger partial charge in [0, 0.05) is 11.0 Å². The Labute approximate surface area is 156 Å². The van der Waals surface area contributed by atoms with Crippen LogP contribution in [0.2, 0.25) is 0 Å². The Kier molecular flexibility index (Phi) is 5.05. The molecule has 1 atom stereocenters. The summed E-state index contributed by atoms with van der Waals surface area (Å²) in [6, 6.07) is 1.92. The fourth-order valence-corrected chi connectivity index (χ4v) is 4.59. The van der Waals surface area contributed by atoms with Crippen LogP contribution < -0.4 is 0 Å². The Morgan fingerprint density at radius 1 is 1.19 bits per heavy atom. The number of aryl methyl sites for hydroxylation is 1. The van der Waals surface area contributed by atoms with E-state index in [1.54, 1.807) is 13.0 Å². The van der Waals surface area contributed by atoms with Crippen LogP contribution in [0.1, 0.15) is 62.8 Å². The highest BCUT2D eigenvalue weighted by molar-refractivity contribution is 5.65. The summed E-state index contributed by atoms with van der Waals surface area (Å²) < 4.78 is 29.8. The average molecular weight is 354 g/mol. The summed E-state index contributed by atoms with van der Waals surface area (Å²) in [6.07, 6.45) is 11.9. The zero-order valence-corrected chi connectivity index (χ0v) is 16.4. The van der Waals surface area contributed by atoms with E-state index in [2.05, 4.69) is 19.9 Å². The molecule has 138 valence electrons. The van der Waals surface area contributed by atoms with Gasteiger partial charge in [0.2, 0.25) is 0 Å². The molecule has 0 saturated carbocycles. The first-order chi connectivity index (χ1) is 12.3. The van der Waals surface area contributed by atoms with Crippen LogP contribution in [-0.2, 0) is 11.8 Å². The van der Waals surface area contributed by atoms with Gasteiger partial charge in [0.15, 0.2) is 0 Å². The third-order valence-corrected chi connectivity index (χ3v) is 5.88. The van der Waals surface area contributed by atoms with Gasteiger partial charge in [-0.1, -0.05) is 49.8 Å². The maximum atomic E-state index is 14.9. The van der Waals surface area contributed by atoms with Gasteiger partial charge < -0.3 is 0 Å². The van der Waals surface area contributed by atoms with E-state index in [1.165, 1.54) is 0 Å². The minimum absolute atomic E-state index is 0.0954. The zero-order chi connectivity index (χ0) is 19.1. The first-order valence-corrected chi connectivity index (χ1v) is 9.48. The predicted octanol–water partition coefficient (Wildman–Crippen LogP) is 7.14. The molecule has 0 amide bonds. The van der Waals surface area contributed by atoms with Gasteiger partial charge in [0.25, 0.3) is 0 Å². The van der Waals surface area contributed by atoms with Crippen LogP contribution in [0, 0.1) is 18.7 Å². The molecule has 2 heteroatoms. The van der Waals surface area contributed by atoms with E-state index in [-0.39, 0.29) is 17.6 Å². The quantitative estimate of drug-likeness (QED) is 0.506. The minimum Gasteiger partial charge on any atom is -0.207 e. The van der Waals surface area contributed by atoms with Gasteiger partial charge in [-0.05, 0) is 74.3 Å². The highest BCUT2D eigenvalue weighted by atomic mass is 19.1. The molecular weight excluding hydrogens is 326 g/mol. The molecule has 0 bridgehead atoms. The first kappa shape index (κ1) is 18.8. The molecule has 3 rings (SSSR count). The van der Waals surface area contributed by atoms with E-state index in [1.807, 2.05) is 38.1 Å². The van der Waals surface area contributed by atoms with Crippen molar-refractivity contribution >= 4 is 6.08 Å². The standard InChI is InChI=1S/C24H28F2/c1-6-8-10-16-11-12-21(25)22-18(16)14-19-17(9-7-2)23(26)15(3)13-20(19)24(22,4)5/h6-9,12-13,16H,10-11,14H2,1-5H3/b8-6?,9-7-. The largest absolute Gasteiger partial charge is 0.207 e. The van der Waals surface area contributed by atoms with E-state index in [9.17, 15) is 8.78 Å². The lowest BCUT2D eigenvalue weighted by atomic mass is 9.63. The van der Waals surface area contributed by atoms with Gasteiger partial charge in [-0.2, -0.15) is 0 Å². The number of halogens is 2. The molecule has 0 aliphatic heterocycles. The van der Waals surface area contributed by atoms with Gasteiger partial charge in [0.1, 0.15) is 11.6 Å². The van der Waals surface area contributed by atoms with E-state index in [0.29, 0.717) is 24.0 Å². The number of hydrogen-bond donors (Lipinski definition) is 0. The molecule has 0 aromatic heterocycles. The number of rotatable bonds is 3. The van der Waals surface area contributed by atoms with E-state index in [0.717, 1.165) is 28.7 Å². The van der Waals surface area contributed by atoms with Gasteiger partial charge in [-0.3, -0.25) is 0 Å². The number of fused-ring (bicyclic) bond motifs is 1. The summed E-state index contributed by atoms with van der Waals surface area (Å²) >= 11 is 0. The lowest BCUT2D eigenvalue weighted by Crippen LogP contribution is -2.33. The molecule has 0 heterocycles. The van der Waals surface area contributed by atoms with Crippen molar-refractivity contribution in [1.82, 2.24) is 0 Å².